The third-order valence-corrected chi connectivity index (χ3v) is 2.92. The lowest BCUT2D eigenvalue weighted by atomic mass is 10.1. The number of aliphatic hydroxyl groups excluding tert-OH is 1. The lowest BCUT2D eigenvalue weighted by Crippen LogP contribution is -1.99. The topological polar surface area (TPSA) is 29.5 Å². The fraction of sp³-hybridized carbons (Fsp3) is 0.222. The van der Waals surface area contributed by atoms with Crippen LogP contribution in [0, 0.1) is 31.5 Å². The molecule has 2 aromatic carbocycles. The molecule has 0 amide bonds. The number of benzene rings is 2. The van der Waals surface area contributed by atoms with E-state index < -0.39 is 5.82 Å². The predicted octanol–water partition coefficient (Wildman–Crippen LogP) is 3.37. The summed E-state index contributed by atoms with van der Waals surface area (Å²) < 4.78 is 19.3. The molecule has 0 radical (unpaired) electrons. The molecule has 2 aromatic rings. The highest BCUT2D eigenvalue weighted by Gasteiger charge is 2.05. The standard InChI is InChI=1S/C18H17FO2/c1-13-8-14(2)10-16(9-13)12-21-18-11-15(4-3-7-20)5-6-17(18)19/h5-6,8-11,20H,7,12H2,1-2H3. The molecule has 0 aromatic heterocycles. The molecule has 0 fully saturated rings. The van der Waals surface area contributed by atoms with Crippen LogP contribution >= 0.6 is 0 Å². The second kappa shape index (κ2) is 6.92. The van der Waals surface area contributed by atoms with Crippen LogP contribution in [0.5, 0.6) is 5.75 Å². The first-order chi connectivity index (χ1) is 10.1. The molecule has 0 saturated heterocycles. The maximum atomic E-state index is 13.7. The Morgan fingerprint density at radius 2 is 1.81 bits per heavy atom. The van der Waals surface area contributed by atoms with Crippen LogP contribution in [0.1, 0.15) is 22.3 Å². The predicted molar refractivity (Wildman–Crippen MR) is 80.6 cm³/mol. The van der Waals surface area contributed by atoms with Crippen molar-refractivity contribution in [3.8, 4) is 17.6 Å². The lowest BCUT2D eigenvalue weighted by molar-refractivity contribution is 0.290. The highest BCUT2D eigenvalue weighted by Crippen LogP contribution is 2.20. The zero-order valence-corrected chi connectivity index (χ0v) is 12.1. The maximum absolute atomic E-state index is 13.7. The molecule has 0 spiro atoms. The van der Waals surface area contributed by atoms with Crippen molar-refractivity contribution in [3.05, 3.63) is 64.5 Å². The van der Waals surface area contributed by atoms with Crippen LogP contribution in [-0.2, 0) is 6.61 Å². The SMILES string of the molecule is Cc1cc(C)cc(COc2cc(C#CCO)ccc2F)c1. The lowest BCUT2D eigenvalue weighted by Gasteiger charge is -2.09. The van der Waals surface area contributed by atoms with Crippen LogP contribution in [0.15, 0.2) is 36.4 Å². The average molecular weight is 284 g/mol. The molecule has 0 aliphatic heterocycles. The molecule has 2 rings (SSSR count). The Balaban J connectivity index is 2.15. The van der Waals surface area contributed by atoms with Gasteiger partial charge in [-0.1, -0.05) is 41.2 Å². The second-order valence-electron chi connectivity index (χ2n) is 4.89. The smallest absolute Gasteiger partial charge is 0.165 e. The molecule has 0 aliphatic rings. The number of aliphatic hydroxyl groups is 1. The van der Waals surface area contributed by atoms with Crippen molar-refractivity contribution < 1.29 is 14.2 Å². The van der Waals surface area contributed by atoms with Crippen LogP contribution in [0.2, 0.25) is 0 Å². The van der Waals surface area contributed by atoms with Crippen LogP contribution in [0.25, 0.3) is 0 Å². The third-order valence-electron chi connectivity index (χ3n) is 2.92. The first-order valence-corrected chi connectivity index (χ1v) is 6.68. The molecule has 0 heterocycles. The van der Waals surface area contributed by atoms with Crippen LogP contribution in [0.4, 0.5) is 4.39 Å². The van der Waals surface area contributed by atoms with Crippen LogP contribution < -0.4 is 4.74 Å². The molecular formula is C18H17FO2. The second-order valence-corrected chi connectivity index (χ2v) is 4.89. The summed E-state index contributed by atoms with van der Waals surface area (Å²) in [6.45, 7) is 4.11. The van der Waals surface area contributed by atoms with Crippen molar-refractivity contribution in [2.75, 3.05) is 6.61 Å². The summed E-state index contributed by atoms with van der Waals surface area (Å²) >= 11 is 0. The van der Waals surface area contributed by atoms with E-state index in [1.54, 1.807) is 12.1 Å². The van der Waals surface area contributed by atoms with Gasteiger partial charge in [-0.15, -0.1) is 0 Å². The van der Waals surface area contributed by atoms with E-state index in [4.69, 9.17) is 9.84 Å². The summed E-state index contributed by atoms with van der Waals surface area (Å²) in [6.07, 6.45) is 0. The Hall–Kier alpha value is -2.31. The van der Waals surface area contributed by atoms with E-state index in [-0.39, 0.29) is 12.4 Å². The summed E-state index contributed by atoms with van der Waals surface area (Å²) in [5.41, 5.74) is 3.91. The minimum absolute atomic E-state index is 0.166. The van der Waals surface area contributed by atoms with Crippen molar-refractivity contribution in [2.24, 2.45) is 0 Å². The molecule has 2 nitrogen and oxygen atoms in total. The van der Waals surface area contributed by atoms with Gasteiger partial charge in [0.15, 0.2) is 11.6 Å². The quantitative estimate of drug-likeness (QED) is 0.876. The van der Waals surface area contributed by atoms with E-state index in [1.165, 1.54) is 6.07 Å². The highest BCUT2D eigenvalue weighted by atomic mass is 19.1. The van der Waals surface area contributed by atoms with Crippen molar-refractivity contribution in [3.63, 3.8) is 0 Å². The molecule has 0 aliphatic carbocycles. The largest absolute Gasteiger partial charge is 0.486 e. The summed E-state index contributed by atoms with van der Waals surface area (Å²) in [4.78, 5) is 0. The van der Waals surface area contributed by atoms with Gasteiger partial charge in [0.05, 0.1) is 0 Å². The fourth-order valence-electron chi connectivity index (χ4n) is 2.15. The number of aryl methyl sites for hydroxylation is 2. The van der Waals surface area contributed by atoms with Gasteiger partial charge in [0, 0.05) is 5.56 Å². The Morgan fingerprint density at radius 1 is 1.10 bits per heavy atom. The van der Waals surface area contributed by atoms with Gasteiger partial charge in [-0.25, -0.2) is 4.39 Å². The summed E-state index contributed by atoms with van der Waals surface area (Å²) in [5.74, 6) is 5.00. The molecule has 0 saturated carbocycles. The number of hydrogen-bond acceptors (Lipinski definition) is 2. The minimum Gasteiger partial charge on any atom is -0.486 e. The third kappa shape index (κ3) is 4.34. The Kier molecular flexibility index (Phi) is 4.97. The number of halogens is 1. The number of rotatable bonds is 3. The number of ether oxygens (including phenoxy) is 1. The van der Waals surface area contributed by atoms with E-state index >= 15 is 0 Å². The van der Waals surface area contributed by atoms with Crippen molar-refractivity contribution >= 4 is 0 Å². The van der Waals surface area contributed by atoms with Gasteiger partial charge in [-0.05, 0) is 37.6 Å². The van der Waals surface area contributed by atoms with Gasteiger partial charge in [0.2, 0.25) is 0 Å². The van der Waals surface area contributed by atoms with Gasteiger partial charge >= 0.3 is 0 Å². The monoisotopic (exact) mass is 284 g/mol. The molecule has 108 valence electrons. The van der Waals surface area contributed by atoms with E-state index in [1.807, 2.05) is 26.0 Å². The molecule has 3 heteroatoms. The van der Waals surface area contributed by atoms with E-state index in [2.05, 4.69) is 17.9 Å². The maximum Gasteiger partial charge on any atom is 0.165 e. The minimum atomic E-state index is -0.422. The average Bonchev–Trinajstić information content (AvgIpc) is 2.44. The zero-order chi connectivity index (χ0) is 15.2. The van der Waals surface area contributed by atoms with Crippen molar-refractivity contribution in [2.45, 2.75) is 20.5 Å². The van der Waals surface area contributed by atoms with E-state index in [0.29, 0.717) is 12.2 Å². The molecule has 1 N–H and O–H groups in total. The zero-order valence-electron chi connectivity index (χ0n) is 12.1. The van der Waals surface area contributed by atoms with Gasteiger partial charge in [0.25, 0.3) is 0 Å². The Bertz CT molecular complexity index is 676. The Morgan fingerprint density at radius 3 is 2.48 bits per heavy atom. The van der Waals surface area contributed by atoms with Gasteiger partial charge in [-0.2, -0.15) is 0 Å². The summed E-state index contributed by atoms with van der Waals surface area (Å²) in [6, 6.07) is 10.5. The number of hydrogen-bond donors (Lipinski definition) is 1. The fourth-order valence-corrected chi connectivity index (χ4v) is 2.15. The molecule has 0 bridgehead atoms. The summed E-state index contributed by atoms with van der Waals surface area (Å²) in [7, 11) is 0. The van der Waals surface area contributed by atoms with Gasteiger partial charge in [0.1, 0.15) is 13.2 Å². The summed E-state index contributed by atoms with van der Waals surface area (Å²) in [5, 5.41) is 8.68. The van der Waals surface area contributed by atoms with Crippen molar-refractivity contribution in [1.82, 2.24) is 0 Å². The first kappa shape index (κ1) is 15.1. The Labute approximate surface area is 124 Å². The van der Waals surface area contributed by atoms with Gasteiger partial charge < -0.3 is 9.84 Å². The van der Waals surface area contributed by atoms with Gasteiger partial charge in [-0.3, -0.25) is 0 Å². The van der Waals surface area contributed by atoms with E-state index in [0.717, 1.165) is 16.7 Å². The normalized spacial score (nSPS) is 9.90. The van der Waals surface area contributed by atoms with Crippen LogP contribution in [0.3, 0.4) is 0 Å². The molecule has 0 unspecified atom stereocenters. The van der Waals surface area contributed by atoms with E-state index in [9.17, 15) is 4.39 Å². The highest BCUT2D eigenvalue weighted by molar-refractivity contribution is 5.41. The van der Waals surface area contributed by atoms with Crippen molar-refractivity contribution in [1.29, 1.82) is 0 Å². The van der Waals surface area contributed by atoms with Crippen LogP contribution in [-0.4, -0.2) is 11.7 Å². The first-order valence-electron chi connectivity index (χ1n) is 6.68. The molecule has 21 heavy (non-hydrogen) atoms. The molecular weight excluding hydrogens is 267 g/mol. The molecule has 0 atom stereocenters.